The Bertz CT molecular complexity index is 1150. The van der Waals surface area contributed by atoms with Crippen LogP contribution >= 0.6 is 0 Å². The Balaban J connectivity index is 1.40. The van der Waals surface area contributed by atoms with Crippen LogP contribution in [-0.2, 0) is 19.5 Å². The largest absolute Gasteiger partial charge is 0.361 e. The lowest BCUT2D eigenvalue weighted by Gasteiger charge is -2.12. The molecule has 3 N–H and O–H groups in total. The van der Waals surface area contributed by atoms with Crippen molar-refractivity contribution < 1.29 is 4.39 Å². The highest BCUT2D eigenvalue weighted by Crippen LogP contribution is 2.19. The van der Waals surface area contributed by atoms with Crippen LogP contribution < -0.4 is 10.6 Å². The van der Waals surface area contributed by atoms with Gasteiger partial charge in [-0.1, -0.05) is 24.3 Å². The van der Waals surface area contributed by atoms with Crippen molar-refractivity contribution in [2.45, 2.75) is 26.4 Å². The SMILES string of the molecule is CCNC(=NCc1ccccc1Cn1cccn1)NCCc1c[nH]c2ccc(F)cc12. The molecule has 0 atom stereocenters. The van der Waals surface area contributed by atoms with Gasteiger partial charge in [0.25, 0.3) is 0 Å². The topological polar surface area (TPSA) is 70.0 Å². The molecule has 2 heterocycles. The lowest BCUT2D eigenvalue weighted by Crippen LogP contribution is -2.38. The molecule has 4 aromatic rings. The number of nitrogens with one attached hydrogen (secondary N) is 3. The number of aromatic amines is 1. The van der Waals surface area contributed by atoms with Gasteiger partial charge in [-0.15, -0.1) is 0 Å². The van der Waals surface area contributed by atoms with E-state index in [2.05, 4.69) is 32.8 Å². The second-order valence-electron chi connectivity index (χ2n) is 7.35. The zero-order valence-electron chi connectivity index (χ0n) is 17.6. The Morgan fingerprint density at radius 2 is 1.97 bits per heavy atom. The maximum Gasteiger partial charge on any atom is 0.191 e. The van der Waals surface area contributed by atoms with E-state index in [0.29, 0.717) is 13.1 Å². The van der Waals surface area contributed by atoms with Crippen LogP contribution in [0.15, 0.2) is 72.1 Å². The molecule has 0 aliphatic carbocycles. The molecule has 2 aromatic carbocycles. The number of hydrogen-bond acceptors (Lipinski definition) is 2. The Morgan fingerprint density at radius 3 is 2.77 bits per heavy atom. The molecule has 4 rings (SSSR count). The first-order valence-electron chi connectivity index (χ1n) is 10.5. The molecule has 0 aliphatic heterocycles. The molecule has 0 saturated heterocycles. The predicted octanol–water partition coefficient (Wildman–Crippen LogP) is 3.85. The van der Waals surface area contributed by atoms with Crippen LogP contribution in [0.5, 0.6) is 0 Å². The first-order chi connectivity index (χ1) is 15.2. The highest BCUT2D eigenvalue weighted by molar-refractivity contribution is 5.83. The number of hydrogen-bond donors (Lipinski definition) is 3. The summed E-state index contributed by atoms with van der Waals surface area (Å²) in [4.78, 5) is 7.97. The highest BCUT2D eigenvalue weighted by Gasteiger charge is 2.07. The van der Waals surface area contributed by atoms with Gasteiger partial charge in [-0.05, 0) is 54.3 Å². The van der Waals surface area contributed by atoms with Gasteiger partial charge in [0.05, 0.1) is 13.1 Å². The number of nitrogens with zero attached hydrogens (tertiary/aromatic N) is 3. The van der Waals surface area contributed by atoms with Gasteiger partial charge >= 0.3 is 0 Å². The number of aliphatic imine (C=N–C) groups is 1. The summed E-state index contributed by atoms with van der Waals surface area (Å²) in [6.07, 6.45) is 6.46. The van der Waals surface area contributed by atoms with Crippen LogP contribution in [-0.4, -0.2) is 33.8 Å². The fourth-order valence-corrected chi connectivity index (χ4v) is 3.61. The van der Waals surface area contributed by atoms with E-state index in [1.54, 1.807) is 18.3 Å². The number of aromatic nitrogens is 3. The van der Waals surface area contributed by atoms with Crippen molar-refractivity contribution in [2.24, 2.45) is 4.99 Å². The molecule has 0 amide bonds. The van der Waals surface area contributed by atoms with Crippen LogP contribution in [0.4, 0.5) is 4.39 Å². The van der Waals surface area contributed by atoms with E-state index < -0.39 is 0 Å². The van der Waals surface area contributed by atoms with Crippen molar-refractivity contribution in [2.75, 3.05) is 13.1 Å². The van der Waals surface area contributed by atoms with Crippen molar-refractivity contribution in [3.8, 4) is 0 Å². The lowest BCUT2D eigenvalue weighted by molar-refractivity contribution is 0.629. The normalized spacial score (nSPS) is 11.7. The van der Waals surface area contributed by atoms with Crippen LogP contribution in [0.25, 0.3) is 10.9 Å². The predicted molar refractivity (Wildman–Crippen MR) is 123 cm³/mol. The lowest BCUT2D eigenvalue weighted by atomic mass is 10.1. The summed E-state index contributed by atoms with van der Waals surface area (Å²) < 4.78 is 15.5. The summed E-state index contributed by atoms with van der Waals surface area (Å²) in [5, 5.41) is 11.9. The zero-order valence-corrected chi connectivity index (χ0v) is 17.6. The highest BCUT2D eigenvalue weighted by atomic mass is 19.1. The molecule has 0 aliphatic rings. The fourth-order valence-electron chi connectivity index (χ4n) is 3.61. The minimum atomic E-state index is -0.218. The van der Waals surface area contributed by atoms with E-state index in [9.17, 15) is 4.39 Å². The summed E-state index contributed by atoms with van der Waals surface area (Å²) in [6, 6.07) is 15.0. The van der Waals surface area contributed by atoms with Crippen molar-refractivity contribution in [3.05, 3.63) is 89.6 Å². The first kappa shape index (κ1) is 20.7. The van der Waals surface area contributed by atoms with E-state index >= 15 is 0 Å². The molecule has 2 aromatic heterocycles. The molecule has 0 bridgehead atoms. The molecule has 0 radical (unpaired) electrons. The third-order valence-electron chi connectivity index (χ3n) is 5.18. The molecule has 0 fully saturated rings. The van der Waals surface area contributed by atoms with Crippen molar-refractivity contribution in [1.82, 2.24) is 25.4 Å². The van der Waals surface area contributed by atoms with Gasteiger partial charge in [0.1, 0.15) is 5.82 Å². The van der Waals surface area contributed by atoms with E-state index in [0.717, 1.165) is 41.9 Å². The average molecular weight is 419 g/mol. The van der Waals surface area contributed by atoms with Gasteiger partial charge in [-0.2, -0.15) is 5.10 Å². The fraction of sp³-hybridized carbons (Fsp3) is 0.250. The van der Waals surface area contributed by atoms with E-state index in [4.69, 9.17) is 4.99 Å². The molecule has 160 valence electrons. The molecule has 6 nitrogen and oxygen atoms in total. The number of rotatable bonds is 8. The number of guanidine groups is 1. The van der Waals surface area contributed by atoms with Gasteiger partial charge in [0.2, 0.25) is 0 Å². The summed E-state index contributed by atoms with van der Waals surface area (Å²) in [5.41, 5.74) is 4.40. The smallest absolute Gasteiger partial charge is 0.191 e. The van der Waals surface area contributed by atoms with Gasteiger partial charge < -0.3 is 15.6 Å². The molecule has 7 heteroatoms. The molecule has 0 spiro atoms. The van der Waals surface area contributed by atoms with Crippen LogP contribution in [0.3, 0.4) is 0 Å². The maximum atomic E-state index is 13.6. The summed E-state index contributed by atoms with van der Waals surface area (Å²) in [6.45, 7) is 4.82. The minimum absolute atomic E-state index is 0.218. The number of benzene rings is 2. The van der Waals surface area contributed by atoms with Gasteiger partial charge in [0.15, 0.2) is 5.96 Å². The number of H-pyrrole nitrogens is 1. The standard InChI is InChI=1S/C24H27FN6/c1-2-26-24(27-12-10-19-16-28-23-9-8-21(25)14-22(19)23)29-15-18-6-3-4-7-20(18)17-31-13-5-11-30-31/h3-9,11,13-14,16,28H,2,10,12,15,17H2,1H3,(H2,26,27,29). The average Bonchev–Trinajstić information content (AvgIpc) is 3.43. The molecular weight excluding hydrogens is 391 g/mol. The third kappa shape index (κ3) is 5.31. The summed E-state index contributed by atoms with van der Waals surface area (Å²) >= 11 is 0. The van der Waals surface area contributed by atoms with Crippen molar-refractivity contribution >= 4 is 16.9 Å². The molecule has 0 saturated carbocycles. The van der Waals surface area contributed by atoms with E-state index in [1.165, 1.54) is 17.2 Å². The third-order valence-corrected chi connectivity index (χ3v) is 5.18. The second-order valence-corrected chi connectivity index (χ2v) is 7.35. The maximum absolute atomic E-state index is 13.6. The van der Waals surface area contributed by atoms with Crippen LogP contribution in [0, 0.1) is 5.82 Å². The van der Waals surface area contributed by atoms with Crippen molar-refractivity contribution in [3.63, 3.8) is 0 Å². The number of fused-ring (bicyclic) bond motifs is 1. The minimum Gasteiger partial charge on any atom is -0.361 e. The van der Waals surface area contributed by atoms with Crippen molar-refractivity contribution in [1.29, 1.82) is 0 Å². The van der Waals surface area contributed by atoms with Gasteiger partial charge in [0, 0.05) is 42.6 Å². The quantitative estimate of drug-likeness (QED) is 0.301. The van der Waals surface area contributed by atoms with Crippen LogP contribution in [0.2, 0.25) is 0 Å². The molecular formula is C24H27FN6. The number of halogens is 1. The van der Waals surface area contributed by atoms with Crippen LogP contribution in [0.1, 0.15) is 23.6 Å². The molecule has 31 heavy (non-hydrogen) atoms. The van der Waals surface area contributed by atoms with Gasteiger partial charge in [-0.3, -0.25) is 4.68 Å². The Labute approximate surface area is 181 Å². The summed E-state index contributed by atoms with van der Waals surface area (Å²) in [7, 11) is 0. The Hall–Kier alpha value is -3.61. The Morgan fingerprint density at radius 1 is 1.10 bits per heavy atom. The Kier molecular flexibility index (Phi) is 6.62. The van der Waals surface area contributed by atoms with Gasteiger partial charge in [-0.25, -0.2) is 9.38 Å². The summed E-state index contributed by atoms with van der Waals surface area (Å²) in [5.74, 6) is 0.549. The molecule has 0 unspecified atom stereocenters. The van der Waals surface area contributed by atoms with E-state index in [-0.39, 0.29) is 5.82 Å². The second kappa shape index (κ2) is 9.93. The van der Waals surface area contributed by atoms with E-state index in [1.807, 2.05) is 42.2 Å². The zero-order chi connectivity index (χ0) is 21.5. The monoisotopic (exact) mass is 418 g/mol. The first-order valence-corrected chi connectivity index (χ1v) is 10.5.